The Labute approximate surface area is 391 Å². The van der Waals surface area contributed by atoms with Crippen LogP contribution in [0.25, 0.3) is 0 Å². The number of carbonyl (C=O) groups is 5. The van der Waals surface area contributed by atoms with Crippen LogP contribution in [-0.4, -0.2) is 66.7 Å². The minimum Gasteiger partial charge on any atom is -0.481 e. The predicted octanol–water partition coefficient (Wildman–Crippen LogP) is 14.4. The number of esters is 4. The summed E-state index contributed by atoms with van der Waals surface area (Å²) < 4.78 is 20.8. The molecule has 0 saturated heterocycles. The number of hydrogen-bond acceptors (Lipinski definition) is 10. The minimum absolute atomic E-state index is 0.0785. The van der Waals surface area contributed by atoms with Gasteiger partial charge in [-0.15, -0.1) is 0 Å². The first kappa shape index (κ1) is 61.3. The van der Waals surface area contributed by atoms with E-state index >= 15 is 0 Å². The van der Waals surface area contributed by atoms with E-state index in [0.29, 0.717) is 39.1 Å². The van der Waals surface area contributed by atoms with E-state index in [4.69, 9.17) is 29.2 Å². The van der Waals surface area contributed by atoms with Gasteiger partial charge in [-0.25, -0.2) is 0 Å². The molecule has 0 amide bonds. The zero-order valence-corrected chi connectivity index (χ0v) is 41.0. The summed E-state index contributed by atoms with van der Waals surface area (Å²) in [6, 6.07) is 0. The number of aliphatic hydroxyl groups excluding tert-OH is 1. The fraction of sp³-hybridized carbons (Fsp3) is 0.906. The highest BCUT2D eigenvalue weighted by molar-refractivity contribution is 5.77. The van der Waals surface area contributed by atoms with Gasteiger partial charge in [0.1, 0.15) is 0 Å². The number of aliphatic carboxylic acids is 1. The van der Waals surface area contributed by atoms with Gasteiger partial charge in [0.2, 0.25) is 6.79 Å². The largest absolute Gasteiger partial charge is 0.481 e. The van der Waals surface area contributed by atoms with Gasteiger partial charge in [-0.3, -0.25) is 24.0 Å². The third-order valence-electron chi connectivity index (χ3n) is 12.1. The molecule has 11 nitrogen and oxygen atoms in total. The van der Waals surface area contributed by atoms with Crippen LogP contribution >= 0.6 is 0 Å². The maximum Gasteiger partial charge on any atom is 0.308 e. The molecule has 0 spiro atoms. The molecule has 64 heavy (non-hydrogen) atoms. The molecule has 0 unspecified atom stereocenters. The van der Waals surface area contributed by atoms with Gasteiger partial charge in [0, 0.05) is 25.9 Å². The topological polar surface area (TPSA) is 163 Å². The van der Waals surface area contributed by atoms with E-state index < -0.39 is 5.97 Å². The zero-order chi connectivity index (χ0) is 46.7. The minimum atomic E-state index is -0.694. The second-order valence-corrected chi connectivity index (χ2v) is 18.2. The van der Waals surface area contributed by atoms with Gasteiger partial charge in [-0.2, -0.15) is 0 Å². The molecule has 0 aliphatic carbocycles. The molecule has 0 atom stereocenters. The van der Waals surface area contributed by atoms with Crippen LogP contribution in [0.15, 0.2) is 0 Å². The normalized spacial score (nSPS) is 11.1. The van der Waals surface area contributed by atoms with Crippen molar-refractivity contribution in [2.24, 2.45) is 0 Å². The smallest absolute Gasteiger partial charge is 0.308 e. The van der Waals surface area contributed by atoms with Crippen LogP contribution in [0.4, 0.5) is 0 Å². The van der Waals surface area contributed by atoms with Crippen LogP contribution in [0.2, 0.25) is 0 Å². The van der Waals surface area contributed by atoms with Crippen LogP contribution in [0.1, 0.15) is 283 Å². The van der Waals surface area contributed by atoms with Crippen molar-refractivity contribution in [1.82, 2.24) is 0 Å². The maximum atomic E-state index is 12.0. The van der Waals surface area contributed by atoms with Crippen molar-refractivity contribution in [1.29, 1.82) is 0 Å². The first-order chi connectivity index (χ1) is 31.3. The lowest BCUT2D eigenvalue weighted by Gasteiger charge is -2.07. The van der Waals surface area contributed by atoms with Gasteiger partial charge >= 0.3 is 29.8 Å². The number of unbranched alkanes of at least 4 members (excludes halogenated alkanes) is 36. The Morgan fingerprint density at radius 1 is 0.250 bits per heavy atom. The highest BCUT2D eigenvalue weighted by atomic mass is 16.7. The summed E-state index contributed by atoms with van der Waals surface area (Å²) >= 11 is 0. The Balaban J connectivity index is 3.34. The van der Waals surface area contributed by atoms with Gasteiger partial charge in [-0.1, -0.05) is 212 Å². The molecule has 0 aliphatic heterocycles. The molecule has 0 bridgehead atoms. The highest BCUT2D eigenvalue weighted by Gasteiger charge is 2.10. The summed E-state index contributed by atoms with van der Waals surface area (Å²) in [6.45, 7) is 0.875. The molecular weight excluding hydrogens is 813 g/mol. The van der Waals surface area contributed by atoms with Crippen LogP contribution in [-0.2, 0) is 42.9 Å². The van der Waals surface area contributed by atoms with Gasteiger partial charge in [-0.05, 0) is 38.5 Å². The van der Waals surface area contributed by atoms with Crippen molar-refractivity contribution >= 4 is 29.8 Å². The summed E-state index contributed by atoms with van der Waals surface area (Å²) in [5.74, 6) is -1.94. The molecule has 0 rings (SSSR count). The van der Waals surface area contributed by atoms with Gasteiger partial charge < -0.3 is 29.2 Å². The average Bonchev–Trinajstić information content (AvgIpc) is 3.28. The monoisotopic (exact) mass is 911 g/mol. The van der Waals surface area contributed by atoms with E-state index in [9.17, 15) is 24.0 Å². The van der Waals surface area contributed by atoms with Gasteiger partial charge in [0.25, 0.3) is 0 Å². The second-order valence-electron chi connectivity index (χ2n) is 18.2. The Morgan fingerprint density at radius 3 is 0.734 bits per heavy atom. The average molecular weight is 911 g/mol. The molecule has 0 saturated carbocycles. The number of carbonyl (C=O) groups excluding carboxylic acids is 4. The second kappa shape index (κ2) is 51.3. The summed E-state index contributed by atoms with van der Waals surface area (Å²) in [4.78, 5) is 58.4. The number of aliphatic hydroxyl groups is 1. The predicted molar refractivity (Wildman–Crippen MR) is 257 cm³/mol. The summed E-state index contributed by atoms with van der Waals surface area (Å²) in [7, 11) is 0. The molecule has 0 aromatic rings. The number of carboxylic acids is 1. The fourth-order valence-corrected chi connectivity index (χ4v) is 7.99. The fourth-order valence-electron chi connectivity index (χ4n) is 7.99. The number of rotatable bonds is 52. The molecule has 0 aromatic carbocycles. The number of carboxylic acid groups (broad SMARTS) is 1. The number of ether oxygens (including phenoxy) is 4. The van der Waals surface area contributed by atoms with Crippen molar-refractivity contribution in [2.75, 3.05) is 26.6 Å². The van der Waals surface area contributed by atoms with Gasteiger partial charge in [0.15, 0.2) is 0 Å². The lowest BCUT2D eigenvalue weighted by molar-refractivity contribution is -0.167. The van der Waals surface area contributed by atoms with Crippen LogP contribution < -0.4 is 0 Å². The third kappa shape index (κ3) is 51.9. The van der Waals surface area contributed by atoms with E-state index in [0.717, 1.165) is 109 Å². The first-order valence-electron chi connectivity index (χ1n) is 26.8. The Bertz CT molecular complexity index is 1070. The van der Waals surface area contributed by atoms with E-state index in [-0.39, 0.29) is 43.5 Å². The molecule has 0 fully saturated rings. The zero-order valence-electron chi connectivity index (χ0n) is 41.0. The van der Waals surface area contributed by atoms with Gasteiger partial charge in [0.05, 0.1) is 26.1 Å². The van der Waals surface area contributed by atoms with Crippen LogP contribution in [0.5, 0.6) is 0 Å². The van der Waals surface area contributed by atoms with Crippen molar-refractivity contribution in [2.45, 2.75) is 283 Å². The van der Waals surface area contributed by atoms with Crippen molar-refractivity contribution in [3.63, 3.8) is 0 Å². The van der Waals surface area contributed by atoms with E-state index in [2.05, 4.69) is 0 Å². The number of hydrogen-bond donors (Lipinski definition) is 2. The summed E-state index contributed by atoms with van der Waals surface area (Å²) in [5.41, 5.74) is 0. The van der Waals surface area contributed by atoms with E-state index in [1.54, 1.807) is 0 Å². The third-order valence-corrected chi connectivity index (χ3v) is 12.1. The van der Waals surface area contributed by atoms with E-state index in [1.165, 1.54) is 141 Å². The van der Waals surface area contributed by atoms with Crippen LogP contribution in [0, 0.1) is 0 Å². The summed E-state index contributed by atoms with van der Waals surface area (Å²) in [5, 5.41) is 17.5. The van der Waals surface area contributed by atoms with Crippen molar-refractivity contribution in [3.05, 3.63) is 0 Å². The molecule has 0 aromatic heterocycles. The summed E-state index contributed by atoms with van der Waals surface area (Å²) in [6.07, 6.45) is 45.8. The Hall–Kier alpha value is -2.69. The Kier molecular flexibility index (Phi) is 49.1. The maximum absolute atomic E-state index is 12.0. The lowest BCUT2D eigenvalue weighted by atomic mass is 10.0. The highest BCUT2D eigenvalue weighted by Crippen LogP contribution is 2.16. The Morgan fingerprint density at radius 2 is 0.469 bits per heavy atom. The molecule has 376 valence electrons. The molecule has 0 radical (unpaired) electrons. The molecule has 11 heteroatoms. The standard InChI is InChI=1S/C53H98O11/c54-45-37-31-25-19-13-7-1-5-11-17-23-29-35-41-50(57)63-48-64-51(58)42-36-30-24-18-12-6-3-9-15-21-27-33-39-47-62-53(60)44-43-52(59)61-46-38-32-26-20-14-8-2-4-10-16-22-28-34-40-49(55)56/h54H,1-48H2,(H,55,56). The SMILES string of the molecule is O=C(O)CCCCCCCCCCCCCCCOC(=O)CCC(=O)OCCCCCCCCCCCCCCCC(=O)OCOC(=O)CCCCCCCCCCCCCCCO. The quantitative estimate of drug-likeness (QED) is 0.0258. The van der Waals surface area contributed by atoms with Crippen molar-refractivity contribution in [3.8, 4) is 0 Å². The molecule has 0 aliphatic rings. The molecular formula is C53H98O11. The lowest BCUT2D eigenvalue weighted by Crippen LogP contribution is -2.12. The first-order valence-corrected chi connectivity index (χ1v) is 26.8. The molecule has 0 heterocycles. The molecule has 2 N–H and O–H groups in total. The van der Waals surface area contributed by atoms with E-state index in [1.807, 2.05) is 0 Å². The van der Waals surface area contributed by atoms with Crippen LogP contribution in [0.3, 0.4) is 0 Å². The van der Waals surface area contributed by atoms with Crippen molar-refractivity contribution < 1.29 is 53.1 Å².